The third-order valence-corrected chi connectivity index (χ3v) is 7.27. The molecule has 0 bridgehead atoms. The van der Waals surface area contributed by atoms with Crippen molar-refractivity contribution in [3.05, 3.63) is 23.3 Å². The highest BCUT2D eigenvalue weighted by Crippen LogP contribution is 2.28. The molecule has 1 N–H and O–H groups in total. The molecular formula is C17H27NO3S2. The second kappa shape index (κ2) is 8.40. The highest BCUT2D eigenvalue weighted by atomic mass is 32.2. The van der Waals surface area contributed by atoms with Crippen LogP contribution in [0.15, 0.2) is 17.0 Å². The van der Waals surface area contributed by atoms with Crippen LogP contribution < -0.4 is 9.46 Å². The molecule has 130 valence electrons. The molecule has 0 amide bonds. The van der Waals surface area contributed by atoms with Crippen LogP contribution in [0.2, 0.25) is 0 Å². The predicted octanol–water partition coefficient (Wildman–Crippen LogP) is 3.66. The van der Waals surface area contributed by atoms with Crippen molar-refractivity contribution in [1.29, 1.82) is 0 Å². The topological polar surface area (TPSA) is 55.4 Å². The van der Waals surface area contributed by atoms with E-state index in [1.54, 1.807) is 26.2 Å². The smallest absolute Gasteiger partial charge is 0.240 e. The van der Waals surface area contributed by atoms with Crippen molar-refractivity contribution in [2.24, 2.45) is 0 Å². The highest BCUT2D eigenvalue weighted by molar-refractivity contribution is 8.00. The number of rotatable bonds is 7. The van der Waals surface area contributed by atoms with Crippen LogP contribution in [0.4, 0.5) is 0 Å². The van der Waals surface area contributed by atoms with Gasteiger partial charge in [0.15, 0.2) is 0 Å². The van der Waals surface area contributed by atoms with Crippen molar-refractivity contribution >= 4 is 21.8 Å². The summed E-state index contributed by atoms with van der Waals surface area (Å²) in [5, 5.41) is 0.707. The van der Waals surface area contributed by atoms with Gasteiger partial charge in [-0.25, -0.2) is 13.1 Å². The number of nitrogens with one attached hydrogen (secondary N) is 1. The van der Waals surface area contributed by atoms with Gasteiger partial charge >= 0.3 is 0 Å². The molecule has 1 fully saturated rings. The lowest BCUT2D eigenvalue weighted by Crippen LogP contribution is -2.27. The maximum absolute atomic E-state index is 12.5. The van der Waals surface area contributed by atoms with Crippen LogP contribution in [0.1, 0.15) is 43.2 Å². The summed E-state index contributed by atoms with van der Waals surface area (Å²) in [7, 11) is -1.87. The van der Waals surface area contributed by atoms with Crippen LogP contribution in [-0.4, -0.2) is 33.1 Å². The Hall–Kier alpha value is -0.720. The lowest BCUT2D eigenvalue weighted by molar-refractivity contribution is 0.411. The third kappa shape index (κ3) is 5.13. The molecule has 0 aliphatic heterocycles. The maximum Gasteiger partial charge on any atom is 0.240 e. The van der Waals surface area contributed by atoms with Crippen molar-refractivity contribution in [2.75, 3.05) is 19.4 Å². The monoisotopic (exact) mass is 357 g/mol. The molecule has 0 spiro atoms. The predicted molar refractivity (Wildman–Crippen MR) is 97.0 cm³/mol. The first-order valence-electron chi connectivity index (χ1n) is 8.20. The fraction of sp³-hybridized carbons (Fsp3) is 0.647. The quantitative estimate of drug-likeness (QED) is 0.757. The zero-order valence-corrected chi connectivity index (χ0v) is 15.9. The van der Waals surface area contributed by atoms with E-state index >= 15 is 0 Å². The Morgan fingerprint density at radius 1 is 1.17 bits per heavy atom. The van der Waals surface area contributed by atoms with E-state index in [4.69, 9.17) is 4.74 Å². The molecule has 6 heteroatoms. The minimum atomic E-state index is -3.46. The zero-order chi connectivity index (χ0) is 16.9. The van der Waals surface area contributed by atoms with Gasteiger partial charge in [0, 0.05) is 17.5 Å². The summed E-state index contributed by atoms with van der Waals surface area (Å²) in [6.07, 6.45) is 6.52. The van der Waals surface area contributed by atoms with Crippen molar-refractivity contribution < 1.29 is 13.2 Å². The van der Waals surface area contributed by atoms with E-state index in [0.29, 0.717) is 28.0 Å². The van der Waals surface area contributed by atoms with Crippen LogP contribution >= 0.6 is 11.8 Å². The van der Waals surface area contributed by atoms with Crippen LogP contribution in [0.25, 0.3) is 0 Å². The molecule has 4 nitrogen and oxygen atoms in total. The first-order chi connectivity index (χ1) is 10.9. The van der Waals surface area contributed by atoms with Crippen molar-refractivity contribution in [3.8, 4) is 5.75 Å². The summed E-state index contributed by atoms with van der Waals surface area (Å²) >= 11 is 1.90. The molecule has 0 saturated heterocycles. The summed E-state index contributed by atoms with van der Waals surface area (Å²) in [4.78, 5) is 0.346. The van der Waals surface area contributed by atoms with E-state index in [1.165, 1.54) is 32.1 Å². The Labute approximate surface area is 144 Å². The Bertz CT molecular complexity index is 623. The molecule has 1 aliphatic carbocycles. The number of ether oxygens (including phenoxy) is 1. The van der Waals surface area contributed by atoms with Crippen LogP contribution in [0.5, 0.6) is 5.75 Å². The Balaban J connectivity index is 1.92. The summed E-state index contributed by atoms with van der Waals surface area (Å²) in [6, 6.07) is 3.46. The number of hydrogen-bond donors (Lipinski definition) is 1. The molecule has 1 saturated carbocycles. The molecule has 1 aromatic carbocycles. The fourth-order valence-corrected chi connectivity index (χ4v) is 5.67. The molecule has 1 aliphatic rings. The number of methoxy groups -OCH3 is 1. The summed E-state index contributed by atoms with van der Waals surface area (Å²) in [5.74, 6) is 1.55. The van der Waals surface area contributed by atoms with Gasteiger partial charge < -0.3 is 4.74 Å². The first-order valence-corrected chi connectivity index (χ1v) is 10.7. The van der Waals surface area contributed by atoms with Gasteiger partial charge in [-0.15, -0.1) is 0 Å². The lowest BCUT2D eigenvalue weighted by Gasteiger charge is -2.21. The minimum Gasteiger partial charge on any atom is -0.496 e. The van der Waals surface area contributed by atoms with Crippen LogP contribution in [0, 0.1) is 13.8 Å². The Kier molecular flexibility index (Phi) is 6.80. The summed E-state index contributed by atoms with van der Waals surface area (Å²) in [5.41, 5.74) is 1.54. The molecule has 0 heterocycles. The van der Waals surface area contributed by atoms with E-state index < -0.39 is 10.0 Å². The SMILES string of the molecule is COc1cc(C)c(S(=O)(=O)NCCSC2CCCCC2)cc1C. The molecule has 23 heavy (non-hydrogen) atoms. The van der Waals surface area contributed by atoms with E-state index in [-0.39, 0.29) is 0 Å². The van der Waals surface area contributed by atoms with Crippen LogP contribution in [0.3, 0.4) is 0 Å². The molecule has 0 aromatic heterocycles. The lowest BCUT2D eigenvalue weighted by atomic mass is 10.0. The van der Waals surface area contributed by atoms with E-state index in [9.17, 15) is 8.42 Å². The molecule has 1 aromatic rings. The van der Waals surface area contributed by atoms with E-state index in [1.807, 2.05) is 18.7 Å². The molecular weight excluding hydrogens is 330 g/mol. The molecule has 0 atom stereocenters. The normalized spacial score (nSPS) is 16.5. The average molecular weight is 358 g/mol. The second-order valence-corrected chi connectivity index (χ2v) is 9.26. The number of thioether (sulfide) groups is 1. The van der Waals surface area contributed by atoms with Gasteiger partial charge in [-0.2, -0.15) is 11.8 Å². The first kappa shape index (κ1) is 18.6. The van der Waals surface area contributed by atoms with Crippen molar-refractivity contribution in [3.63, 3.8) is 0 Å². The van der Waals surface area contributed by atoms with Gasteiger partial charge in [-0.3, -0.25) is 0 Å². The van der Waals surface area contributed by atoms with Gasteiger partial charge in [-0.05, 0) is 49.9 Å². The summed E-state index contributed by atoms with van der Waals surface area (Å²) in [6.45, 7) is 4.14. The Morgan fingerprint density at radius 2 is 1.87 bits per heavy atom. The van der Waals surface area contributed by atoms with Gasteiger partial charge in [0.25, 0.3) is 0 Å². The number of sulfonamides is 1. The van der Waals surface area contributed by atoms with Crippen molar-refractivity contribution in [2.45, 2.75) is 56.1 Å². The van der Waals surface area contributed by atoms with Crippen LogP contribution in [-0.2, 0) is 10.0 Å². The fourth-order valence-electron chi connectivity index (χ4n) is 2.98. The van der Waals surface area contributed by atoms with Gasteiger partial charge in [0.2, 0.25) is 10.0 Å². The molecule has 0 radical (unpaired) electrons. The van der Waals surface area contributed by atoms with Crippen molar-refractivity contribution in [1.82, 2.24) is 4.72 Å². The number of hydrogen-bond acceptors (Lipinski definition) is 4. The van der Waals surface area contributed by atoms with Gasteiger partial charge in [0.1, 0.15) is 5.75 Å². The van der Waals surface area contributed by atoms with E-state index in [0.717, 1.165) is 11.3 Å². The van der Waals surface area contributed by atoms with Gasteiger partial charge in [-0.1, -0.05) is 19.3 Å². The summed E-state index contributed by atoms with van der Waals surface area (Å²) < 4.78 is 33.0. The highest BCUT2D eigenvalue weighted by Gasteiger charge is 2.19. The molecule has 0 unspecified atom stereocenters. The number of benzene rings is 1. The standard InChI is InChI=1S/C17H27NO3S2/c1-13-12-17(14(2)11-16(13)21-3)23(19,20)18-9-10-22-15-7-5-4-6-8-15/h11-12,15,18H,4-10H2,1-3H3. The second-order valence-electron chi connectivity index (χ2n) is 6.12. The zero-order valence-electron chi connectivity index (χ0n) is 14.2. The average Bonchev–Trinajstić information content (AvgIpc) is 2.54. The Morgan fingerprint density at radius 3 is 2.52 bits per heavy atom. The minimum absolute atomic E-state index is 0.346. The third-order valence-electron chi connectivity index (χ3n) is 4.28. The largest absolute Gasteiger partial charge is 0.496 e. The van der Waals surface area contributed by atoms with Gasteiger partial charge in [0.05, 0.1) is 12.0 Å². The molecule has 2 rings (SSSR count). The number of aryl methyl sites for hydroxylation is 2. The maximum atomic E-state index is 12.5. The van der Waals surface area contributed by atoms with E-state index in [2.05, 4.69) is 4.72 Å².